The van der Waals surface area contributed by atoms with Crippen molar-refractivity contribution >= 4 is 34.3 Å². The Bertz CT molecular complexity index is 1410. The van der Waals surface area contributed by atoms with Gasteiger partial charge in [-0.15, -0.1) is 0 Å². The first-order valence-corrected chi connectivity index (χ1v) is 11.2. The van der Waals surface area contributed by atoms with Crippen LogP contribution < -0.4 is 4.74 Å². The van der Waals surface area contributed by atoms with Gasteiger partial charge in [-0.1, -0.05) is 60.7 Å². The van der Waals surface area contributed by atoms with Gasteiger partial charge in [0.15, 0.2) is 12.4 Å². The number of para-hydroxylation sites is 1. The van der Waals surface area contributed by atoms with Crippen LogP contribution in [0.3, 0.4) is 0 Å². The van der Waals surface area contributed by atoms with Gasteiger partial charge >= 0.3 is 5.97 Å². The van der Waals surface area contributed by atoms with Crippen LogP contribution in [0.15, 0.2) is 78.9 Å². The molecule has 0 atom stereocenters. The molecule has 0 radical (unpaired) electrons. The van der Waals surface area contributed by atoms with E-state index in [-0.39, 0.29) is 12.4 Å². The summed E-state index contributed by atoms with van der Waals surface area (Å²) in [5.41, 5.74) is 5.54. The number of esters is 1. The SMILES string of the molecule is COc1ccc(C=C2CCc3c2nc2ccccc2c3C(=O)OCC(=O)c2ccccc2)cc1. The second-order valence-corrected chi connectivity index (χ2v) is 8.14. The van der Waals surface area contributed by atoms with Crippen LogP contribution in [0.1, 0.15) is 44.0 Å². The first-order chi connectivity index (χ1) is 16.6. The van der Waals surface area contributed by atoms with Gasteiger partial charge < -0.3 is 9.47 Å². The second kappa shape index (κ2) is 9.32. The molecule has 5 nitrogen and oxygen atoms in total. The molecule has 0 N–H and O–H groups in total. The zero-order valence-electron chi connectivity index (χ0n) is 18.8. The van der Waals surface area contributed by atoms with Crippen molar-refractivity contribution in [1.29, 1.82) is 0 Å². The number of Topliss-reactive ketones (excluding diaryl/α,β-unsaturated/α-hetero) is 1. The maximum absolute atomic E-state index is 13.3. The molecule has 0 saturated heterocycles. The topological polar surface area (TPSA) is 65.5 Å². The molecular formula is C29H23NO4. The molecule has 5 heteroatoms. The summed E-state index contributed by atoms with van der Waals surface area (Å²) in [7, 11) is 1.64. The fraction of sp³-hybridized carbons (Fsp3) is 0.138. The molecule has 0 unspecified atom stereocenters. The van der Waals surface area contributed by atoms with Gasteiger partial charge in [0.05, 0.1) is 23.9 Å². The normalized spacial score (nSPS) is 13.6. The maximum atomic E-state index is 13.3. The molecule has 1 aliphatic carbocycles. The van der Waals surface area contributed by atoms with E-state index in [9.17, 15) is 9.59 Å². The Labute approximate surface area is 197 Å². The highest BCUT2D eigenvalue weighted by molar-refractivity contribution is 6.08. The summed E-state index contributed by atoms with van der Waals surface area (Å²) in [4.78, 5) is 30.6. The molecule has 1 aromatic heterocycles. The number of ether oxygens (including phenoxy) is 2. The van der Waals surface area contributed by atoms with Gasteiger partial charge in [-0.3, -0.25) is 4.79 Å². The number of nitrogens with zero attached hydrogens (tertiary/aromatic N) is 1. The standard InChI is InChI=1S/C29H23NO4/c1-33-22-14-11-19(12-15-22)17-21-13-16-24-27(23-9-5-6-10-25(23)30-28(21)24)29(32)34-18-26(31)20-7-3-2-4-8-20/h2-12,14-15,17H,13,16,18H2,1H3. The van der Waals surface area contributed by atoms with Crippen molar-refractivity contribution in [2.45, 2.75) is 12.8 Å². The zero-order chi connectivity index (χ0) is 23.5. The number of allylic oxidation sites excluding steroid dienone is 1. The van der Waals surface area contributed by atoms with Gasteiger partial charge in [0, 0.05) is 10.9 Å². The van der Waals surface area contributed by atoms with Gasteiger partial charge in [0.2, 0.25) is 0 Å². The van der Waals surface area contributed by atoms with Gasteiger partial charge in [0.1, 0.15) is 5.75 Å². The van der Waals surface area contributed by atoms with Gasteiger partial charge in [-0.05, 0) is 53.8 Å². The van der Waals surface area contributed by atoms with Crippen molar-refractivity contribution in [1.82, 2.24) is 4.98 Å². The van der Waals surface area contributed by atoms with E-state index >= 15 is 0 Å². The molecule has 1 aliphatic rings. The number of benzene rings is 3. The Morgan fingerprint density at radius 3 is 2.41 bits per heavy atom. The molecule has 3 aromatic carbocycles. The molecule has 4 aromatic rings. The Morgan fingerprint density at radius 2 is 1.65 bits per heavy atom. The molecule has 34 heavy (non-hydrogen) atoms. The lowest BCUT2D eigenvalue weighted by atomic mass is 10.0. The maximum Gasteiger partial charge on any atom is 0.339 e. The van der Waals surface area contributed by atoms with Crippen molar-refractivity contribution in [2.24, 2.45) is 0 Å². The quantitative estimate of drug-likeness (QED) is 0.276. The molecular weight excluding hydrogens is 426 g/mol. The highest BCUT2D eigenvalue weighted by atomic mass is 16.5. The first-order valence-electron chi connectivity index (χ1n) is 11.2. The number of hydrogen-bond acceptors (Lipinski definition) is 5. The van der Waals surface area contributed by atoms with E-state index in [0.717, 1.165) is 45.5 Å². The van der Waals surface area contributed by atoms with Crippen molar-refractivity contribution in [3.8, 4) is 5.75 Å². The second-order valence-electron chi connectivity index (χ2n) is 8.14. The van der Waals surface area contributed by atoms with Crippen LogP contribution >= 0.6 is 0 Å². The smallest absolute Gasteiger partial charge is 0.339 e. The van der Waals surface area contributed by atoms with E-state index in [1.54, 1.807) is 31.4 Å². The number of carbonyl (C=O) groups excluding carboxylic acids is 2. The summed E-state index contributed by atoms with van der Waals surface area (Å²) < 4.78 is 10.8. The summed E-state index contributed by atoms with van der Waals surface area (Å²) in [5.74, 6) is 0.0713. The number of pyridine rings is 1. The highest BCUT2D eigenvalue weighted by Gasteiger charge is 2.28. The monoisotopic (exact) mass is 449 g/mol. The fourth-order valence-electron chi connectivity index (χ4n) is 4.32. The fourth-order valence-corrected chi connectivity index (χ4v) is 4.32. The molecule has 5 rings (SSSR count). The van der Waals surface area contributed by atoms with E-state index in [4.69, 9.17) is 14.5 Å². The van der Waals surface area contributed by atoms with E-state index < -0.39 is 5.97 Å². The van der Waals surface area contributed by atoms with E-state index in [1.807, 2.05) is 54.6 Å². The number of carbonyl (C=O) groups is 2. The minimum Gasteiger partial charge on any atom is -0.497 e. The van der Waals surface area contributed by atoms with E-state index in [0.29, 0.717) is 17.5 Å². The van der Waals surface area contributed by atoms with E-state index in [1.165, 1.54) is 0 Å². The average molecular weight is 450 g/mol. The van der Waals surface area contributed by atoms with Crippen molar-refractivity contribution in [2.75, 3.05) is 13.7 Å². The Kier molecular flexibility index (Phi) is 5.91. The number of aromatic nitrogens is 1. The third kappa shape index (κ3) is 4.20. The van der Waals surface area contributed by atoms with Gasteiger partial charge in [-0.25, -0.2) is 9.78 Å². The predicted octanol–water partition coefficient (Wildman–Crippen LogP) is 5.77. The molecule has 168 valence electrons. The molecule has 0 aliphatic heterocycles. The summed E-state index contributed by atoms with van der Waals surface area (Å²) >= 11 is 0. The van der Waals surface area contributed by atoms with Crippen LogP contribution in [0.25, 0.3) is 22.6 Å². The number of rotatable bonds is 6. The van der Waals surface area contributed by atoms with Gasteiger partial charge in [0.25, 0.3) is 0 Å². The van der Waals surface area contributed by atoms with Crippen LogP contribution in [0, 0.1) is 0 Å². The summed E-state index contributed by atoms with van der Waals surface area (Å²) in [6.45, 7) is -0.303. The van der Waals surface area contributed by atoms with Crippen molar-refractivity contribution < 1.29 is 19.1 Å². The number of fused-ring (bicyclic) bond motifs is 2. The first kappa shape index (κ1) is 21.6. The average Bonchev–Trinajstić information content (AvgIpc) is 3.28. The van der Waals surface area contributed by atoms with E-state index in [2.05, 4.69) is 6.08 Å². The predicted molar refractivity (Wildman–Crippen MR) is 132 cm³/mol. The Hall–Kier alpha value is -4.25. The summed E-state index contributed by atoms with van der Waals surface area (Å²) in [5, 5.41) is 0.740. The van der Waals surface area contributed by atoms with Crippen LogP contribution in [0.2, 0.25) is 0 Å². The molecule has 0 fully saturated rings. The van der Waals surface area contributed by atoms with Crippen molar-refractivity contribution in [3.63, 3.8) is 0 Å². The Balaban J connectivity index is 1.49. The minimum absolute atomic E-state index is 0.232. The van der Waals surface area contributed by atoms with Crippen LogP contribution in [-0.4, -0.2) is 30.5 Å². The van der Waals surface area contributed by atoms with Crippen LogP contribution in [0.4, 0.5) is 0 Å². The molecule has 0 spiro atoms. The lowest BCUT2D eigenvalue weighted by Gasteiger charge is -2.12. The summed E-state index contributed by atoms with van der Waals surface area (Å²) in [6.07, 6.45) is 3.56. The molecule has 1 heterocycles. The number of methoxy groups -OCH3 is 1. The zero-order valence-corrected chi connectivity index (χ0v) is 18.8. The highest BCUT2D eigenvalue weighted by Crippen LogP contribution is 2.38. The lowest BCUT2D eigenvalue weighted by molar-refractivity contribution is 0.0475. The van der Waals surface area contributed by atoms with Crippen molar-refractivity contribution in [3.05, 3.63) is 107 Å². The van der Waals surface area contributed by atoms with Crippen LogP contribution in [-0.2, 0) is 11.2 Å². The largest absolute Gasteiger partial charge is 0.497 e. The number of hydrogen-bond donors (Lipinski definition) is 0. The third-order valence-electron chi connectivity index (χ3n) is 6.03. The third-order valence-corrected chi connectivity index (χ3v) is 6.03. The van der Waals surface area contributed by atoms with Gasteiger partial charge in [-0.2, -0.15) is 0 Å². The lowest BCUT2D eigenvalue weighted by Crippen LogP contribution is -2.16. The summed E-state index contributed by atoms with van der Waals surface area (Å²) in [6, 6.07) is 24.2. The molecule has 0 bridgehead atoms. The minimum atomic E-state index is -0.496. The Morgan fingerprint density at radius 1 is 0.912 bits per heavy atom. The number of ketones is 1. The van der Waals surface area contributed by atoms with Crippen LogP contribution in [0.5, 0.6) is 5.75 Å². The molecule has 0 amide bonds. The molecule has 0 saturated carbocycles.